The summed E-state index contributed by atoms with van der Waals surface area (Å²) in [5, 5.41) is 13.2. The Hall–Kier alpha value is -3.13. The number of rotatable bonds is 6. The number of hydrogen-bond acceptors (Lipinski definition) is 5. The molecule has 144 valence electrons. The third-order valence-corrected chi connectivity index (χ3v) is 5.35. The van der Waals surface area contributed by atoms with Crippen LogP contribution in [0.4, 0.5) is 4.79 Å². The monoisotopic (exact) mass is 395 g/mol. The number of hydrogen-bond donors (Lipinski definition) is 2. The highest BCUT2D eigenvalue weighted by Crippen LogP contribution is 2.35. The molecule has 0 unspecified atom stereocenters. The number of imide groups is 1. The molecule has 0 spiro atoms. The molecule has 0 bridgehead atoms. The van der Waals surface area contributed by atoms with Crippen molar-refractivity contribution in [2.24, 2.45) is 0 Å². The van der Waals surface area contributed by atoms with Gasteiger partial charge < -0.3 is 9.88 Å². The third kappa shape index (κ3) is 4.77. The van der Waals surface area contributed by atoms with Crippen molar-refractivity contribution in [3.8, 4) is 0 Å². The van der Waals surface area contributed by atoms with Crippen molar-refractivity contribution in [2.45, 2.75) is 23.9 Å². The Labute approximate surface area is 167 Å². The summed E-state index contributed by atoms with van der Waals surface area (Å²) in [4.78, 5) is 24.4. The molecule has 1 atom stereocenters. The lowest BCUT2D eigenvalue weighted by molar-refractivity contribution is -0.119. The van der Waals surface area contributed by atoms with E-state index in [1.807, 2.05) is 72.2 Å². The van der Waals surface area contributed by atoms with E-state index < -0.39 is 17.2 Å². The third-order valence-electron chi connectivity index (χ3n) is 4.11. The van der Waals surface area contributed by atoms with Crippen molar-refractivity contribution in [1.29, 1.82) is 0 Å². The fraction of sp³-hybridized carbons (Fsp3) is 0.200. The van der Waals surface area contributed by atoms with E-state index in [1.54, 1.807) is 0 Å². The van der Waals surface area contributed by atoms with E-state index >= 15 is 0 Å². The normalized spacial score (nSPS) is 11.6. The number of benzene rings is 2. The van der Waals surface area contributed by atoms with Gasteiger partial charge in [0.2, 0.25) is 5.91 Å². The van der Waals surface area contributed by atoms with Crippen LogP contribution in [0.3, 0.4) is 0 Å². The maximum absolute atomic E-state index is 12.7. The number of amides is 3. The van der Waals surface area contributed by atoms with E-state index in [-0.39, 0.29) is 0 Å². The zero-order valence-electron chi connectivity index (χ0n) is 15.6. The molecule has 3 aromatic rings. The van der Waals surface area contributed by atoms with Crippen molar-refractivity contribution >= 4 is 23.7 Å². The largest absolute Gasteiger partial charge is 0.341 e. The lowest BCUT2D eigenvalue weighted by Gasteiger charge is -2.17. The molecule has 0 radical (unpaired) electrons. The number of aryl methyl sites for hydroxylation is 1. The van der Waals surface area contributed by atoms with Gasteiger partial charge in [0, 0.05) is 7.05 Å². The highest BCUT2D eigenvalue weighted by atomic mass is 32.2. The fourth-order valence-corrected chi connectivity index (χ4v) is 3.72. The molecule has 2 aromatic carbocycles. The minimum Gasteiger partial charge on any atom is -0.341 e. The zero-order valence-corrected chi connectivity index (χ0v) is 16.4. The van der Waals surface area contributed by atoms with Gasteiger partial charge in [-0.3, -0.25) is 10.1 Å². The van der Waals surface area contributed by atoms with Gasteiger partial charge in [-0.05, 0) is 18.1 Å². The van der Waals surface area contributed by atoms with Gasteiger partial charge in [0.25, 0.3) is 0 Å². The first kappa shape index (κ1) is 19.6. The molecule has 1 aromatic heterocycles. The molecule has 0 fully saturated rings. The van der Waals surface area contributed by atoms with Crippen LogP contribution in [-0.2, 0) is 11.3 Å². The van der Waals surface area contributed by atoms with E-state index in [9.17, 15) is 9.59 Å². The molecule has 0 aliphatic carbocycles. The average Bonchev–Trinajstić information content (AvgIpc) is 3.06. The van der Waals surface area contributed by atoms with Gasteiger partial charge in [0.15, 0.2) is 5.16 Å². The predicted octanol–water partition coefficient (Wildman–Crippen LogP) is 2.92. The van der Waals surface area contributed by atoms with Crippen LogP contribution in [0.5, 0.6) is 0 Å². The minimum absolute atomic E-state index is 0.414. The minimum atomic E-state index is -0.642. The van der Waals surface area contributed by atoms with Crippen LogP contribution in [0.25, 0.3) is 0 Å². The Bertz CT molecular complexity index is 944. The van der Waals surface area contributed by atoms with E-state index in [2.05, 4.69) is 20.8 Å². The second-order valence-corrected chi connectivity index (χ2v) is 7.15. The SMILES string of the molecule is CNC(=O)NC(=O)[C@H](Sc1nnc(C)n1Cc1ccccc1)c1ccccc1. The summed E-state index contributed by atoms with van der Waals surface area (Å²) in [6.45, 7) is 2.47. The van der Waals surface area contributed by atoms with Crippen LogP contribution in [-0.4, -0.2) is 33.8 Å². The Kier molecular flexibility index (Phi) is 6.44. The fourth-order valence-electron chi connectivity index (χ4n) is 2.64. The van der Waals surface area contributed by atoms with Gasteiger partial charge in [-0.2, -0.15) is 0 Å². The molecular formula is C20H21N5O2S. The van der Waals surface area contributed by atoms with Crippen LogP contribution >= 0.6 is 11.8 Å². The topological polar surface area (TPSA) is 88.9 Å². The molecule has 7 nitrogen and oxygen atoms in total. The Morgan fingerprint density at radius 1 is 1.04 bits per heavy atom. The summed E-state index contributed by atoms with van der Waals surface area (Å²) in [6.07, 6.45) is 0. The van der Waals surface area contributed by atoms with Crippen LogP contribution in [0.15, 0.2) is 65.8 Å². The highest BCUT2D eigenvalue weighted by molar-refractivity contribution is 8.00. The summed E-state index contributed by atoms with van der Waals surface area (Å²) < 4.78 is 1.96. The molecule has 28 heavy (non-hydrogen) atoms. The maximum atomic E-state index is 12.7. The molecule has 3 amide bonds. The molecule has 3 rings (SSSR count). The van der Waals surface area contributed by atoms with Crippen molar-refractivity contribution in [1.82, 2.24) is 25.4 Å². The number of aromatic nitrogens is 3. The molecule has 1 heterocycles. The Morgan fingerprint density at radius 2 is 1.68 bits per heavy atom. The average molecular weight is 395 g/mol. The van der Waals surface area contributed by atoms with Gasteiger partial charge in [0.05, 0.1) is 6.54 Å². The summed E-state index contributed by atoms with van der Waals surface area (Å²) in [5.41, 5.74) is 1.89. The number of urea groups is 1. The van der Waals surface area contributed by atoms with Gasteiger partial charge in [-0.15, -0.1) is 10.2 Å². The zero-order chi connectivity index (χ0) is 19.9. The van der Waals surface area contributed by atoms with E-state index in [0.717, 1.165) is 17.0 Å². The van der Waals surface area contributed by atoms with Crippen LogP contribution in [0.2, 0.25) is 0 Å². The van der Waals surface area contributed by atoms with E-state index in [4.69, 9.17) is 0 Å². The van der Waals surface area contributed by atoms with Crippen LogP contribution in [0, 0.1) is 6.92 Å². The lowest BCUT2D eigenvalue weighted by Crippen LogP contribution is -2.39. The molecule has 8 heteroatoms. The number of thioether (sulfide) groups is 1. The van der Waals surface area contributed by atoms with Crippen molar-refractivity contribution in [3.05, 3.63) is 77.6 Å². The summed E-state index contributed by atoms with van der Waals surface area (Å²) >= 11 is 1.27. The van der Waals surface area contributed by atoms with Gasteiger partial charge in [-0.25, -0.2) is 4.79 Å². The molecule has 0 aliphatic rings. The molecule has 0 saturated heterocycles. The van der Waals surface area contributed by atoms with Crippen molar-refractivity contribution in [3.63, 3.8) is 0 Å². The Balaban J connectivity index is 1.89. The molecular weight excluding hydrogens is 374 g/mol. The lowest BCUT2D eigenvalue weighted by atomic mass is 10.1. The number of carbonyl (C=O) groups excluding carboxylic acids is 2. The standard InChI is InChI=1S/C20H21N5O2S/c1-14-23-24-20(25(14)13-15-9-5-3-6-10-15)28-17(16-11-7-4-8-12-16)18(26)22-19(27)21-2/h3-12,17H,13H2,1-2H3,(H2,21,22,26,27)/t17-/m1/s1. The second-order valence-electron chi connectivity index (χ2n) is 6.08. The first-order chi connectivity index (χ1) is 13.6. The Morgan fingerprint density at radius 3 is 2.32 bits per heavy atom. The number of nitrogens with one attached hydrogen (secondary N) is 2. The first-order valence-corrected chi connectivity index (χ1v) is 9.64. The van der Waals surface area contributed by atoms with Gasteiger partial charge in [-0.1, -0.05) is 72.4 Å². The van der Waals surface area contributed by atoms with Gasteiger partial charge >= 0.3 is 6.03 Å². The maximum Gasteiger partial charge on any atom is 0.321 e. The predicted molar refractivity (Wildman–Crippen MR) is 108 cm³/mol. The number of nitrogens with zero attached hydrogens (tertiary/aromatic N) is 3. The quantitative estimate of drug-likeness (QED) is 0.627. The number of carbonyl (C=O) groups is 2. The van der Waals surface area contributed by atoms with Crippen molar-refractivity contribution < 1.29 is 9.59 Å². The van der Waals surface area contributed by atoms with E-state index in [1.165, 1.54) is 18.8 Å². The molecule has 2 N–H and O–H groups in total. The van der Waals surface area contributed by atoms with Crippen LogP contribution in [0.1, 0.15) is 22.2 Å². The summed E-state index contributed by atoms with van der Waals surface area (Å²) in [7, 11) is 1.47. The van der Waals surface area contributed by atoms with Gasteiger partial charge in [0.1, 0.15) is 11.1 Å². The first-order valence-electron chi connectivity index (χ1n) is 8.76. The smallest absolute Gasteiger partial charge is 0.321 e. The van der Waals surface area contributed by atoms with Crippen molar-refractivity contribution in [2.75, 3.05) is 7.05 Å². The second kappa shape index (κ2) is 9.18. The summed E-state index contributed by atoms with van der Waals surface area (Å²) in [5.74, 6) is 0.340. The highest BCUT2D eigenvalue weighted by Gasteiger charge is 2.26. The van der Waals surface area contributed by atoms with Crippen LogP contribution < -0.4 is 10.6 Å². The van der Waals surface area contributed by atoms with E-state index in [0.29, 0.717) is 11.7 Å². The molecule has 0 aliphatic heterocycles. The summed E-state index contributed by atoms with van der Waals surface area (Å²) in [6, 6.07) is 18.7. The molecule has 0 saturated carbocycles.